The molecule has 1 aliphatic heterocycles. The lowest BCUT2D eigenvalue weighted by molar-refractivity contribution is -0.0599. The Bertz CT molecular complexity index is 1070. The van der Waals surface area contributed by atoms with Crippen molar-refractivity contribution in [2.75, 3.05) is 18.5 Å². The third-order valence-electron chi connectivity index (χ3n) is 4.46. The van der Waals surface area contributed by atoms with Crippen LogP contribution in [0.4, 0.5) is 10.1 Å². The van der Waals surface area contributed by atoms with Crippen LogP contribution in [0.15, 0.2) is 35.4 Å². The Morgan fingerprint density at radius 2 is 2.11 bits per heavy atom. The molecule has 3 rings (SSSR count). The highest BCUT2D eigenvalue weighted by molar-refractivity contribution is 7.89. The molecule has 0 bridgehead atoms. The number of hydrogen-bond acceptors (Lipinski definition) is 5. The summed E-state index contributed by atoms with van der Waals surface area (Å²) in [6.45, 7) is 1.80. The average molecular weight is 406 g/mol. The van der Waals surface area contributed by atoms with Crippen molar-refractivity contribution in [2.45, 2.75) is 23.8 Å². The van der Waals surface area contributed by atoms with Gasteiger partial charge in [-0.15, -0.1) is 0 Å². The summed E-state index contributed by atoms with van der Waals surface area (Å²) in [5, 5.41) is 11.5. The second-order valence-electron chi connectivity index (χ2n) is 6.80. The van der Waals surface area contributed by atoms with Gasteiger partial charge in [-0.1, -0.05) is 0 Å². The minimum Gasteiger partial charge on any atom is -0.377 e. The SMILES string of the molecule is Cc1cc(NC(=O)c2cc(S(=O)(=O)NC3(CC#N)COC3)cn2C)ccc1F. The topological polar surface area (TPSA) is 113 Å². The summed E-state index contributed by atoms with van der Waals surface area (Å²) >= 11 is 0. The fourth-order valence-electron chi connectivity index (χ4n) is 2.87. The third kappa shape index (κ3) is 3.91. The van der Waals surface area contributed by atoms with Crippen LogP contribution in [0.5, 0.6) is 0 Å². The Morgan fingerprint density at radius 3 is 2.68 bits per heavy atom. The molecule has 10 heteroatoms. The summed E-state index contributed by atoms with van der Waals surface area (Å²) in [6, 6.07) is 7.34. The number of sulfonamides is 1. The maximum Gasteiger partial charge on any atom is 0.272 e. The van der Waals surface area contributed by atoms with Gasteiger partial charge in [-0.05, 0) is 36.8 Å². The van der Waals surface area contributed by atoms with Crippen molar-refractivity contribution in [3.63, 3.8) is 0 Å². The molecule has 0 unspecified atom stereocenters. The minimum absolute atomic E-state index is 0.0175. The van der Waals surface area contributed by atoms with Gasteiger partial charge in [0.15, 0.2) is 0 Å². The summed E-state index contributed by atoms with van der Waals surface area (Å²) in [4.78, 5) is 12.4. The molecule has 0 atom stereocenters. The summed E-state index contributed by atoms with van der Waals surface area (Å²) in [5.41, 5.74) is -0.0614. The van der Waals surface area contributed by atoms with E-state index in [1.54, 1.807) is 14.0 Å². The molecule has 1 fully saturated rings. The van der Waals surface area contributed by atoms with E-state index >= 15 is 0 Å². The molecule has 2 N–H and O–H groups in total. The molecule has 0 radical (unpaired) electrons. The zero-order valence-corrected chi connectivity index (χ0v) is 16.1. The maximum absolute atomic E-state index is 13.4. The van der Waals surface area contributed by atoms with E-state index in [2.05, 4.69) is 10.0 Å². The van der Waals surface area contributed by atoms with Crippen LogP contribution in [0.1, 0.15) is 22.5 Å². The lowest BCUT2D eigenvalue weighted by Gasteiger charge is -2.39. The van der Waals surface area contributed by atoms with E-state index in [9.17, 15) is 17.6 Å². The number of anilines is 1. The number of ether oxygens (including phenoxy) is 1. The Hall–Kier alpha value is -2.74. The fourth-order valence-corrected chi connectivity index (χ4v) is 4.31. The van der Waals surface area contributed by atoms with Gasteiger partial charge in [0.05, 0.1) is 31.2 Å². The number of nitrogens with one attached hydrogen (secondary N) is 2. The van der Waals surface area contributed by atoms with Crippen LogP contribution in [0.25, 0.3) is 0 Å². The first-order valence-electron chi connectivity index (χ1n) is 8.38. The molecule has 1 aromatic carbocycles. The van der Waals surface area contributed by atoms with Gasteiger partial charge >= 0.3 is 0 Å². The van der Waals surface area contributed by atoms with Crippen LogP contribution in [-0.2, 0) is 21.8 Å². The molecular weight excluding hydrogens is 387 g/mol. The average Bonchev–Trinajstić information content (AvgIpc) is 2.99. The third-order valence-corrected chi connectivity index (χ3v) is 6.01. The molecule has 1 amide bonds. The number of hydrogen-bond donors (Lipinski definition) is 2. The molecular formula is C18H19FN4O4S. The van der Waals surface area contributed by atoms with Crippen LogP contribution in [0.2, 0.25) is 0 Å². The Balaban J connectivity index is 1.81. The van der Waals surface area contributed by atoms with Crippen molar-refractivity contribution in [2.24, 2.45) is 7.05 Å². The van der Waals surface area contributed by atoms with Crippen molar-refractivity contribution in [3.05, 3.63) is 47.5 Å². The predicted octanol–water partition coefficient (Wildman–Crippen LogP) is 1.69. The number of carbonyl (C=O) groups excluding carboxylic acids is 1. The number of rotatable bonds is 6. The van der Waals surface area contributed by atoms with E-state index in [0.717, 1.165) is 0 Å². The van der Waals surface area contributed by atoms with Gasteiger partial charge < -0.3 is 14.6 Å². The fraction of sp³-hybridized carbons (Fsp3) is 0.333. The van der Waals surface area contributed by atoms with Gasteiger partial charge in [-0.25, -0.2) is 12.8 Å². The summed E-state index contributed by atoms with van der Waals surface area (Å²) in [6.07, 6.45) is 1.29. The minimum atomic E-state index is -3.95. The largest absolute Gasteiger partial charge is 0.377 e. The lowest BCUT2D eigenvalue weighted by Crippen LogP contribution is -2.61. The second-order valence-corrected chi connectivity index (χ2v) is 8.49. The van der Waals surface area contributed by atoms with Crippen molar-refractivity contribution < 1.29 is 22.3 Å². The zero-order chi connectivity index (χ0) is 20.5. The molecule has 8 nitrogen and oxygen atoms in total. The predicted molar refractivity (Wildman–Crippen MR) is 98.6 cm³/mol. The highest BCUT2D eigenvalue weighted by atomic mass is 32.2. The molecule has 2 aromatic rings. The van der Waals surface area contributed by atoms with E-state index < -0.39 is 21.5 Å². The molecule has 0 saturated carbocycles. The Labute approximate surface area is 162 Å². The quantitative estimate of drug-likeness (QED) is 0.758. The molecule has 28 heavy (non-hydrogen) atoms. The maximum atomic E-state index is 13.4. The number of nitrogens with zero attached hydrogens (tertiary/aromatic N) is 2. The van der Waals surface area contributed by atoms with Crippen LogP contribution in [0.3, 0.4) is 0 Å². The van der Waals surface area contributed by atoms with E-state index in [-0.39, 0.29) is 36.0 Å². The van der Waals surface area contributed by atoms with Gasteiger partial charge in [-0.3, -0.25) is 4.79 Å². The monoisotopic (exact) mass is 406 g/mol. The first kappa shape index (κ1) is 20.0. The van der Waals surface area contributed by atoms with Crippen molar-refractivity contribution in [3.8, 4) is 6.07 Å². The summed E-state index contributed by atoms with van der Waals surface area (Å²) < 4.78 is 47.7. The van der Waals surface area contributed by atoms with E-state index in [1.807, 2.05) is 6.07 Å². The van der Waals surface area contributed by atoms with Gasteiger partial charge in [0.1, 0.15) is 16.4 Å². The van der Waals surface area contributed by atoms with Gasteiger partial charge in [0.25, 0.3) is 5.91 Å². The van der Waals surface area contributed by atoms with Gasteiger partial charge in [-0.2, -0.15) is 9.98 Å². The van der Waals surface area contributed by atoms with Gasteiger partial charge in [0.2, 0.25) is 10.0 Å². The number of amides is 1. The standard InChI is InChI=1S/C18H19FN4O4S/c1-12-7-13(3-4-15(12)19)21-17(24)16-8-14(9-23(16)2)28(25,26)22-18(5-6-20)10-27-11-18/h3-4,7-9,22H,5,10-11H2,1-2H3,(H,21,24). The smallest absolute Gasteiger partial charge is 0.272 e. The Kier molecular flexibility index (Phi) is 5.25. The highest BCUT2D eigenvalue weighted by Gasteiger charge is 2.42. The van der Waals surface area contributed by atoms with E-state index in [1.165, 1.54) is 35.0 Å². The summed E-state index contributed by atoms with van der Waals surface area (Å²) in [7, 11) is -2.41. The molecule has 1 saturated heterocycles. The molecule has 0 aliphatic carbocycles. The molecule has 1 aromatic heterocycles. The van der Waals surface area contributed by atoms with Crippen LogP contribution >= 0.6 is 0 Å². The molecule has 148 valence electrons. The number of halogens is 1. The van der Waals surface area contributed by atoms with E-state index in [4.69, 9.17) is 10.00 Å². The number of benzene rings is 1. The Morgan fingerprint density at radius 1 is 1.39 bits per heavy atom. The first-order chi connectivity index (χ1) is 13.2. The number of carbonyl (C=O) groups is 1. The van der Waals surface area contributed by atoms with Crippen molar-refractivity contribution in [1.82, 2.24) is 9.29 Å². The van der Waals surface area contributed by atoms with Crippen molar-refractivity contribution >= 4 is 21.6 Å². The van der Waals surface area contributed by atoms with Gasteiger partial charge in [0, 0.05) is 18.9 Å². The van der Waals surface area contributed by atoms with Crippen molar-refractivity contribution in [1.29, 1.82) is 5.26 Å². The highest BCUT2D eigenvalue weighted by Crippen LogP contribution is 2.25. The number of aryl methyl sites for hydroxylation is 2. The normalized spacial score (nSPS) is 15.5. The zero-order valence-electron chi connectivity index (χ0n) is 15.3. The molecule has 1 aliphatic rings. The lowest BCUT2D eigenvalue weighted by atomic mass is 9.96. The number of aromatic nitrogens is 1. The van der Waals surface area contributed by atoms with Crippen LogP contribution in [-0.4, -0.2) is 37.6 Å². The number of nitriles is 1. The van der Waals surface area contributed by atoms with E-state index in [0.29, 0.717) is 11.3 Å². The molecule has 2 heterocycles. The first-order valence-corrected chi connectivity index (χ1v) is 9.87. The van der Waals surface area contributed by atoms with Crippen LogP contribution in [0, 0.1) is 24.1 Å². The second kappa shape index (κ2) is 7.35. The van der Waals surface area contributed by atoms with Crippen LogP contribution < -0.4 is 10.0 Å². The molecule has 0 spiro atoms. The summed E-state index contributed by atoms with van der Waals surface area (Å²) in [5.74, 6) is -0.920.